The van der Waals surface area contributed by atoms with Crippen LogP contribution in [0.4, 0.5) is 0 Å². The lowest BCUT2D eigenvalue weighted by molar-refractivity contribution is 0.413. The van der Waals surface area contributed by atoms with Gasteiger partial charge in [0.15, 0.2) is 0 Å². The van der Waals surface area contributed by atoms with Gasteiger partial charge in [0, 0.05) is 11.1 Å². The minimum Gasteiger partial charge on any atom is -0.319 e. The molecule has 2 heteroatoms. The predicted octanol–water partition coefficient (Wildman–Crippen LogP) is 13.4. The van der Waals surface area contributed by atoms with Gasteiger partial charge >= 0.3 is 0 Å². The number of benzene rings is 8. The third kappa shape index (κ3) is 5.41. The van der Waals surface area contributed by atoms with Gasteiger partial charge in [0.1, 0.15) is 5.82 Å². The van der Waals surface area contributed by atoms with Gasteiger partial charge in [-0.2, -0.15) is 0 Å². The fraction of sp³-hybridized carbons (Fsp3) is 0.0816. The highest BCUT2D eigenvalue weighted by atomic mass is 15.1. The molecule has 0 aliphatic rings. The van der Waals surface area contributed by atoms with Crippen LogP contribution in [0.1, 0.15) is 20.8 Å². The topological polar surface area (TPSA) is 17.8 Å². The molecule has 51 heavy (non-hydrogen) atoms. The summed E-state index contributed by atoms with van der Waals surface area (Å²) >= 11 is 0. The van der Waals surface area contributed by atoms with E-state index in [2.05, 4.69) is 201 Å². The molecule has 2 nitrogen and oxygen atoms in total. The SMILES string of the molecule is CC(C)(C)n1c(-c2ccccc2)nc2cc(-c3ccc(-c4ccc5c(-c6ccccc6)c6ccccc6c(-c6ccccc6)c5c4)cc3)ccc21. The largest absolute Gasteiger partial charge is 0.319 e. The molecule has 0 saturated carbocycles. The highest BCUT2D eigenvalue weighted by molar-refractivity contribution is 6.22. The van der Waals surface area contributed by atoms with Crippen LogP contribution >= 0.6 is 0 Å². The van der Waals surface area contributed by atoms with Crippen molar-refractivity contribution in [3.63, 3.8) is 0 Å². The Balaban J connectivity index is 1.16. The third-order valence-corrected chi connectivity index (χ3v) is 10.1. The van der Waals surface area contributed by atoms with Gasteiger partial charge in [-0.1, -0.05) is 158 Å². The molecule has 244 valence electrons. The van der Waals surface area contributed by atoms with Gasteiger partial charge in [-0.15, -0.1) is 0 Å². The first-order valence-electron chi connectivity index (χ1n) is 17.7. The van der Waals surface area contributed by atoms with Crippen LogP contribution in [0.5, 0.6) is 0 Å². The first-order chi connectivity index (χ1) is 24.9. The van der Waals surface area contributed by atoms with E-state index in [1.54, 1.807) is 0 Å². The van der Waals surface area contributed by atoms with Crippen molar-refractivity contribution in [3.8, 4) is 55.9 Å². The molecule has 1 heterocycles. The van der Waals surface area contributed by atoms with Crippen LogP contribution in [0.15, 0.2) is 176 Å². The van der Waals surface area contributed by atoms with E-state index in [0.29, 0.717) is 0 Å². The minimum absolute atomic E-state index is 0.114. The Labute approximate surface area is 299 Å². The lowest BCUT2D eigenvalue weighted by atomic mass is 9.85. The average molecular weight is 655 g/mol. The summed E-state index contributed by atoms with van der Waals surface area (Å²) in [5.74, 6) is 1.000. The predicted molar refractivity (Wildman–Crippen MR) is 217 cm³/mol. The molecule has 0 aliphatic carbocycles. The van der Waals surface area contributed by atoms with Crippen molar-refractivity contribution in [2.45, 2.75) is 26.3 Å². The second-order valence-corrected chi connectivity index (χ2v) is 14.4. The van der Waals surface area contributed by atoms with Crippen molar-refractivity contribution in [2.24, 2.45) is 0 Å². The molecule has 0 saturated heterocycles. The summed E-state index contributed by atoms with van der Waals surface area (Å²) in [6.07, 6.45) is 0. The molecule has 0 bridgehead atoms. The van der Waals surface area contributed by atoms with Crippen molar-refractivity contribution in [1.29, 1.82) is 0 Å². The van der Waals surface area contributed by atoms with Gasteiger partial charge in [-0.05, 0) is 105 Å². The van der Waals surface area contributed by atoms with Crippen molar-refractivity contribution >= 4 is 32.6 Å². The van der Waals surface area contributed by atoms with Crippen molar-refractivity contribution in [1.82, 2.24) is 9.55 Å². The second kappa shape index (κ2) is 12.3. The molecule has 0 fully saturated rings. The maximum Gasteiger partial charge on any atom is 0.141 e. The Morgan fingerprint density at radius 3 is 1.35 bits per heavy atom. The number of nitrogens with zero attached hydrogens (tertiary/aromatic N) is 2. The molecular weight excluding hydrogens is 617 g/mol. The average Bonchev–Trinajstić information content (AvgIpc) is 3.58. The zero-order chi connectivity index (χ0) is 34.5. The fourth-order valence-corrected chi connectivity index (χ4v) is 7.76. The van der Waals surface area contributed by atoms with Crippen LogP contribution < -0.4 is 0 Å². The summed E-state index contributed by atoms with van der Waals surface area (Å²) in [6.45, 7) is 6.73. The number of fused-ring (bicyclic) bond motifs is 3. The summed E-state index contributed by atoms with van der Waals surface area (Å²) in [6, 6.07) is 63.7. The smallest absolute Gasteiger partial charge is 0.141 e. The molecule has 9 rings (SSSR count). The maximum atomic E-state index is 5.18. The molecule has 0 N–H and O–H groups in total. The summed E-state index contributed by atoms with van der Waals surface area (Å²) in [7, 11) is 0. The highest BCUT2D eigenvalue weighted by Crippen LogP contribution is 2.45. The summed E-state index contributed by atoms with van der Waals surface area (Å²) < 4.78 is 2.36. The molecule has 0 atom stereocenters. The number of imidazole rings is 1. The molecule has 0 amide bonds. The molecule has 9 aromatic rings. The van der Waals surface area contributed by atoms with Crippen LogP contribution in [-0.4, -0.2) is 9.55 Å². The molecule has 0 radical (unpaired) electrons. The van der Waals surface area contributed by atoms with Crippen LogP contribution in [-0.2, 0) is 5.54 Å². The van der Waals surface area contributed by atoms with E-state index in [0.717, 1.165) is 28.0 Å². The normalized spacial score (nSPS) is 11.8. The van der Waals surface area contributed by atoms with Crippen LogP contribution in [0.3, 0.4) is 0 Å². The Hall–Kier alpha value is -6.25. The van der Waals surface area contributed by atoms with E-state index in [-0.39, 0.29) is 5.54 Å². The highest BCUT2D eigenvalue weighted by Gasteiger charge is 2.23. The van der Waals surface area contributed by atoms with Crippen LogP contribution in [0.25, 0.3) is 88.5 Å². The van der Waals surface area contributed by atoms with E-state index in [1.807, 2.05) is 0 Å². The van der Waals surface area contributed by atoms with E-state index >= 15 is 0 Å². The van der Waals surface area contributed by atoms with Crippen LogP contribution in [0, 0.1) is 0 Å². The van der Waals surface area contributed by atoms with Gasteiger partial charge in [0.05, 0.1) is 11.0 Å². The number of aromatic nitrogens is 2. The molecule has 0 spiro atoms. The maximum absolute atomic E-state index is 5.18. The quantitative estimate of drug-likeness (QED) is 0.169. The fourth-order valence-electron chi connectivity index (χ4n) is 7.76. The van der Waals surface area contributed by atoms with E-state index < -0.39 is 0 Å². The van der Waals surface area contributed by atoms with Gasteiger partial charge in [0.25, 0.3) is 0 Å². The Kier molecular flexibility index (Phi) is 7.40. The van der Waals surface area contributed by atoms with Crippen molar-refractivity contribution < 1.29 is 0 Å². The molecule has 0 aliphatic heterocycles. The van der Waals surface area contributed by atoms with Gasteiger partial charge in [-0.25, -0.2) is 4.98 Å². The lowest BCUT2D eigenvalue weighted by Gasteiger charge is -2.24. The summed E-state index contributed by atoms with van der Waals surface area (Å²) in [4.78, 5) is 5.18. The Morgan fingerprint density at radius 2 is 0.804 bits per heavy atom. The summed E-state index contributed by atoms with van der Waals surface area (Å²) in [5, 5.41) is 5.06. The zero-order valence-corrected chi connectivity index (χ0v) is 29.1. The first kappa shape index (κ1) is 30.8. The lowest BCUT2D eigenvalue weighted by Crippen LogP contribution is -2.22. The Morgan fingerprint density at radius 1 is 0.373 bits per heavy atom. The summed E-state index contributed by atoms with van der Waals surface area (Å²) in [5.41, 5.74) is 12.9. The number of hydrogen-bond acceptors (Lipinski definition) is 1. The van der Waals surface area contributed by atoms with E-state index in [1.165, 1.54) is 60.5 Å². The van der Waals surface area contributed by atoms with E-state index in [9.17, 15) is 0 Å². The standard InChI is InChI=1S/C49H38N2/c1-49(2,3)51-45-30-28-39(32-44(45)50-48(51)37-19-11-6-12-20-37)34-25-23-33(24-26-34)38-27-29-42-43(31-38)47(36-17-9-5-10-18-36)41-22-14-13-21-40(41)46(42)35-15-7-4-8-16-35/h4-32H,1-3H3. The number of hydrogen-bond donors (Lipinski definition) is 0. The third-order valence-electron chi connectivity index (χ3n) is 10.1. The second-order valence-electron chi connectivity index (χ2n) is 14.4. The molecule has 0 unspecified atom stereocenters. The minimum atomic E-state index is -0.114. The van der Waals surface area contributed by atoms with Gasteiger partial charge in [0.2, 0.25) is 0 Å². The van der Waals surface area contributed by atoms with E-state index in [4.69, 9.17) is 4.98 Å². The molecular formula is C49H38N2. The molecule has 8 aromatic carbocycles. The first-order valence-corrected chi connectivity index (χ1v) is 17.7. The zero-order valence-electron chi connectivity index (χ0n) is 29.1. The van der Waals surface area contributed by atoms with Crippen LogP contribution in [0.2, 0.25) is 0 Å². The van der Waals surface area contributed by atoms with Crippen molar-refractivity contribution in [3.05, 3.63) is 176 Å². The van der Waals surface area contributed by atoms with Crippen molar-refractivity contribution in [2.75, 3.05) is 0 Å². The monoisotopic (exact) mass is 654 g/mol. The molecule has 1 aromatic heterocycles. The number of rotatable bonds is 5. The van der Waals surface area contributed by atoms with Gasteiger partial charge < -0.3 is 4.57 Å². The Bertz CT molecular complexity index is 2680. The van der Waals surface area contributed by atoms with Gasteiger partial charge in [-0.3, -0.25) is 0 Å².